The molecule has 2 aromatic rings. The van der Waals surface area contributed by atoms with Gasteiger partial charge in [-0.3, -0.25) is 4.79 Å². The maximum Gasteiger partial charge on any atom is 0.238 e. The monoisotopic (exact) mass is 427 g/mol. The number of hydrogen-bond acceptors (Lipinski definition) is 4. The Balaban J connectivity index is 2.05. The van der Waals surface area contributed by atoms with Gasteiger partial charge >= 0.3 is 0 Å². The van der Waals surface area contributed by atoms with Gasteiger partial charge in [-0.25, -0.2) is 8.42 Å². The standard InChI is InChI=1S/C17H18BrNO3S2/c1-2-8-19(11-16-7-4-9-23-16)17(20)13-24(21,22)12-14-5-3-6-15(18)10-14/h2-7,9-10H,1,8,11-13H2. The lowest BCUT2D eigenvalue weighted by Gasteiger charge is -2.20. The summed E-state index contributed by atoms with van der Waals surface area (Å²) in [7, 11) is -3.54. The molecule has 0 spiro atoms. The Bertz CT molecular complexity index is 801. The zero-order valence-electron chi connectivity index (χ0n) is 13.0. The maximum atomic E-state index is 12.4. The maximum absolute atomic E-state index is 12.4. The van der Waals surface area contributed by atoms with Crippen LogP contribution in [-0.4, -0.2) is 31.5 Å². The fourth-order valence-corrected chi connectivity index (χ4v) is 4.73. The van der Waals surface area contributed by atoms with Gasteiger partial charge in [0.05, 0.1) is 12.3 Å². The highest BCUT2D eigenvalue weighted by molar-refractivity contribution is 9.10. The van der Waals surface area contributed by atoms with Crippen LogP contribution in [0.25, 0.3) is 0 Å². The summed E-state index contributed by atoms with van der Waals surface area (Å²) in [6, 6.07) is 10.9. The van der Waals surface area contributed by atoms with Crippen LogP contribution < -0.4 is 0 Å². The second kappa shape index (κ2) is 8.60. The van der Waals surface area contributed by atoms with Crippen LogP contribution in [0.5, 0.6) is 0 Å². The normalized spacial score (nSPS) is 11.2. The topological polar surface area (TPSA) is 54.5 Å². The summed E-state index contributed by atoms with van der Waals surface area (Å²) >= 11 is 4.85. The molecular weight excluding hydrogens is 410 g/mol. The van der Waals surface area contributed by atoms with E-state index in [-0.39, 0.29) is 5.75 Å². The smallest absolute Gasteiger partial charge is 0.238 e. The van der Waals surface area contributed by atoms with E-state index in [2.05, 4.69) is 22.5 Å². The molecule has 0 saturated carbocycles. The van der Waals surface area contributed by atoms with E-state index in [0.29, 0.717) is 18.7 Å². The molecule has 4 nitrogen and oxygen atoms in total. The van der Waals surface area contributed by atoms with Crippen molar-refractivity contribution in [3.8, 4) is 0 Å². The highest BCUT2D eigenvalue weighted by Gasteiger charge is 2.22. The highest BCUT2D eigenvalue weighted by atomic mass is 79.9. The lowest BCUT2D eigenvalue weighted by atomic mass is 10.2. The minimum atomic E-state index is -3.54. The molecule has 0 radical (unpaired) electrons. The first kappa shape index (κ1) is 18.9. The minimum Gasteiger partial charge on any atom is -0.333 e. The van der Waals surface area contributed by atoms with Crippen LogP contribution in [0, 0.1) is 0 Å². The Morgan fingerprint density at radius 3 is 2.71 bits per heavy atom. The molecule has 1 aromatic carbocycles. The van der Waals surface area contributed by atoms with E-state index >= 15 is 0 Å². The molecule has 128 valence electrons. The second-order valence-corrected chi connectivity index (χ2v) is 9.32. The molecule has 0 unspecified atom stereocenters. The third-order valence-corrected chi connectivity index (χ3v) is 6.06. The lowest BCUT2D eigenvalue weighted by molar-refractivity contribution is -0.128. The molecule has 7 heteroatoms. The summed E-state index contributed by atoms with van der Waals surface area (Å²) in [5, 5.41) is 1.93. The van der Waals surface area contributed by atoms with Gasteiger partial charge in [-0.2, -0.15) is 0 Å². The molecule has 1 heterocycles. The Labute approximate surface area is 154 Å². The van der Waals surface area contributed by atoms with E-state index in [9.17, 15) is 13.2 Å². The van der Waals surface area contributed by atoms with E-state index in [1.807, 2.05) is 23.6 Å². The van der Waals surface area contributed by atoms with Crippen LogP contribution in [0.1, 0.15) is 10.4 Å². The van der Waals surface area contributed by atoms with Gasteiger partial charge < -0.3 is 4.90 Å². The first-order chi connectivity index (χ1) is 11.4. The van der Waals surface area contributed by atoms with Gasteiger partial charge in [-0.05, 0) is 29.1 Å². The molecule has 0 fully saturated rings. The molecule has 0 aliphatic heterocycles. The van der Waals surface area contributed by atoms with Gasteiger partial charge in [0.15, 0.2) is 9.84 Å². The number of rotatable bonds is 8. The van der Waals surface area contributed by atoms with Crippen molar-refractivity contribution < 1.29 is 13.2 Å². The fraction of sp³-hybridized carbons (Fsp3) is 0.235. The van der Waals surface area contributed by atoms with Crippen LogP contribution in [-0.2, 0) is 26.9 Å². The van der Waals surface area contributed by atoms with Crippen molar-refractivity contribution in [3.05, 3.63) is 69.3 Å². The minimum absolute atomic E-state index is 0.154. The summed E-state index contributed by atoms with van der Waals surface area (Å²) in [6.07, 6.45) is 1.60. The molecule has 0 saturated heterocycles. The van der Waals surface area contributed by atoms with Crippen LogP contribution in [0.2, 0.25) is 0 Å². The third-order valence-electron chi connectivity index (χ3n) is 3.25. The van der Waals surface area contributed by atoms with Gasteiger partial charge in [-0.1, -0.05) is 40.2 Å². The van der Waals surface area contributed by atoms with Gasteiger partial charge in [0, 0.05) is 15.9 Å². The number of thiophene rings is 1. The highest BCUT2D eigenvalue weighted by Crippen LogP contribution is 2.16. The van der Waals surface area contributed by atoms with E-state index in [0.717, 1.165) is 9.35 Å². The largest absolute Gasteiger partial charge is 0.333 e. The van der Waals surface area contributed by atoms with E-state index < -0.39 is 21.5 Å². The number of halogens is 1. The van der Waals surface area contributed by atoms with Crippen LogP contribution in [0.3, 0.4) is 0 Å². The Morgan fingerprint density at radius 2 is 2.08 bits per heavy atom. The van der Waals surface area contributed by atoms with Gasteiger partial charge in [0.2, 0.25) is 5.91 Å². The number of amides is 1. The van der Waals surface area contributed by atoms with Gasteiger partial charge in [0.1, 0.15) is 5.75 Å². The van der Waals surface area contributed by atoms with E-state index in [4.69, 9.17) is 0 Å². The van der Waals surface area contributed by atoms with E-state index in [1.54, 1.807) is 24.3 Å². The van der Waals surface area contributed by atoms with Crippen molar-refractivity contribution >= 4 is 43.0 Å². The quantitative estimate of drug-likeness (QED) is 0.604. The Kier molecular flexibility index (Phi) is 6.77. The summed E-state index contributed by atoms with van der Waals surface area (Å²) < 4.78 is 25.5. The summed E-state index contributed by atoms with van der Waals surface area (Å²) in [5.74, 6) is -1.06. The average molecular weight is 428 g/mol. The fourth-order valence-electron chi connectivity index (χ4n) is 2.21. The lowest BCUT2D eigenvalue weighted by Crippen LogP contribution is -2.35. The predicted octanol–water partition coefficient (Wildman–Crippen LogP) is 3.64. The molecule has 1 aromatic heterocycles. The first-order valence-corrected chi connectivity index (χ1v) is 10.7. The summed E-state index contributed by atoms with van der Waals surface area (Å²) in [6.45, 7) is 4.36. The molecule has 24 heavy (non-hydrogen) atoms. The number of carbonyl (C=O) groups is 1. The van der Waals surface area contributed by atoms with Crippen molar-refractivity contribution in [2.75, 3.05) is 12.3 Å². The number of hydrogen-bond donors (Lipinski definition) is 0. The van der Waals surface area contributed by atoms with Crippen LogP contribution in [0.15, 0.2) is 58.9 Å². The summed E-state index contributed by atoms with van der Waals surface area (Å²) in [5.41, 5.74) is 0.658. The molecule has 2 rings (SSSR count). The van der Waals surface area contributed by atoms with Crippen molar-refractivity contribution in [1.82, 2.24) is 4.90 Å². The van der Waals surface area contributed by atoms with Crippen molar-refractivity contribution in [2.45, 2.75) is 12.3 Å². The SMILES string of the molecule is C=CCN(Cc1cccs1)C(=O)CS(=O)(=O)Cc1cccc(Br)c1. The number of carbonyl (C=O) groups excluding carboxylic acids is 1. The zero-order chi connectivity index (χ0) is 17.6. The molecule has 0 aliphatic rings. The number of nitrogens with zero attached hydrogens (tertiary/aromatic N) is 1. The number of sulfone groups is 1. The predicted molar refractivity (Wildman–Crippen MR) is 102 cm³/mol. The van der Waals surface area contributed by atoms with Crippen molar-refractivity contribution in [3.63, 3.8) is 0 Å². The molecule has 0 atom stereocenters. The molecular formula is C17H18BrNO3S2. The van der Waals surface area contributed by atoms with Crippen LogP contribution in [0.4, 0.5) is 0 Å². The molecule has 0 bridgehead atoms. The summed E-state index contributed by atoms with van der Waals surface area (Å²) in [4.78, 5) is 14.9. The molecule has 0 N–H and O–H groups in total. The van der Waals surface area contributed by atoms with Crippen molar-refractivity contribution in [2.24, 2.45) is 0 Å². The van der Waals surface area contributed by atoms with Crippen molar-refractivity contribution in [1.29, 1.82) is 0 Å². The zero-order valence-corrected chi connectivity index (χ0v) is 16.2. The molecule has 0 aliphatic carbocycles. The van der Waals surface area contributed by atoms with Gasteiger partial charge in [-0.15, -0.1) is 17.9 Å². The third kappa shape index (κ3) is 5.89. The van der Waals surface area contributed by atoms with E-state index in [1.165, 1.54) is 16.2 Å². The van der Waals surface area contributed by atoms with Crippen LogP contribution >= 0.6 is 27.3 Å². The molecule has 1 amide bonds. The Morgan fingerprint density at radius 1 is 1.29 bits per heavy atom. The number of benzene rings is 1. The van der Waals surface area contributed by atoms with Gasteiger partial charge in [0.25, 0.3) is 0 Å². The first-order valence-electron chi connectivity index (χ1n) is 7.25. The average Bonchev–Trinajstić information content (AvgIpc) is 2.98. The Hall–Kier alpha value is -1.44. The second-order valence-electron chi connectivity index (χ2n) is 5.30.